The van der Waals surface area contributed by atoms with Gasteiger partial charge in [-0.1, -0.05) is 0 Å². The van der Waals surface area contributed by atoms with Crippen molar-refractivity contribution in [1.29, 1.82) is 0 Å². The van der Waals surface area contributed by atoms with Crippen LogP contribution in [0.3, 0.4) is 0 Å². The van der Waals surface area contributed by atoms with E-state index in [1.165, 1.54) is 0 Å². The molecule has 1 aliphatic rings. The predicted molar refractivity (Wildman–Crippen MR) is 62.9 cm³/mol. The van der Waals surface area contributed by atoms with Gasteiger partial charge in [0.15, 0.2) is 0 Å². The van der Waals surface area contributed by atoms with Crippen LogP contribution in [0.5, 0.6) is 0 Å². The van der Waals surface area contributed by atoms with Crippen LogP contribution in [0, 0.1) is 0 Å². The standard InChI is InChI=1S/C12H14N4O/c1-3-13-4-2-10(1)16-9-15-7-11(16)12-8-14-5-6-17-12/h1-4,7,9,12,14H,5-6,8H2. The fraction of sp³-hybridized carbons (Fsp3) is 0.333. The van der Waals surface area contributed by atoms with Crippen LogP contribution in [0.25, 0.3) is 5.69 Å². The summed E-state index contributed by atoms with van der Waals surface area (Å²) in [5.74, 6) is 0. The van der Waals surface area contributed by atoms with Crippen LogP contribution in [0.2, 0.25) is 0 Å². The lowest BCUT2D eigenvalue weighted by Crippen LogP contribution is -2.34. The Labute approximate surface area is 99.5 Å². The van der Waals surface area contributed by atoms with Gasteiger partial charge >= 0.3 is 0 Å². The van der Waals surface area contributed by atoms with Gasteiger partial charge in [0.25, 0.3) is 0 Å². The zero-order valence-corrected chi connectivity index (χ0v) is 9.41. The third-order valence-corrected chi connectivity index (χ3v) is 2.87. The number of hydrogen-bond acceptors (Lipinski definition) is 4. The number of ether oxygens (including phenoxy) is 1. The molecule has 1 fully saturated rings. The van der Waals surface area contributed by atoms with Crippen molar-refractivity contribution in [3.8, 4) is 5.69 Å². The van der Waals surface area contributed by atoms with E-state index in [0.717, 1.165) is 31.1 Å². The van der Waals surface area contributed by atoms with Gasteiger partial charge < -0.3 is 14.6 Å². The van der Waals surface area contributed by atoms with Gasteiger partial charge in [-0.25, -0.2) is 4.98 Å². The molecule has 0 amide bonds. The van der Waals surface area contributed by atoms with Gasteiger partial charge in [-0.2, -0.15) is 0 Å². The van der Waals surface area contributed by atoms with Gasteiger partial charge in [-0.3, -0.25) is 4.98 Å². The van der Waals surface area contributed by atoms with Crippen molar-refractivity contribution in [2.24, 2.45) is 0 Å². The van der Waals surface area contributed by atoms with Crippen LogP contribution in [0.15, 0.2) is 37.1 Å². The van der Waals surface area contributed by atoms with Crippen LogP contribution in [-0.4, -0.2) is 34.2 Å². The Kier molecular flexibility index (Phi) is 2.85. The molecule has 1 saturated heterocycles. The Balaban J connectivity index is 1.93. The van der Waals surface area contributed by atoms with Crippen LogP contribution < -0.4 is 5.32 Å². The van der Waals surface area contributed by atoms with Crippen molar-refractivity contribution in [3.63, 3.8) is 0 Å². The van der Waals surface area contributed by atoms with E-state index in [2.05, 4.69) is 15.3 Å². The average molecular weight is 230 g/mol. The van der Waals surface area contributed by atoms with Gasteiger partial charge in [0, 0.05) is 31.2 Å². The van der Waals surface area contributed by atoms with Gasteiger partial charge in [0.05, 0.1) is 24.8 Å². The number of morpholine rings is 1. The van der Waals surface area contributed by atoms with E-state index in [0.29, 0.717) is 0 Å². The van der Waals surface area contributed by atoms with Crippen molar-refractivity contribution in [3.05, 3.63) is 42.7 Å². The summed E-state index contributed by atoms with van der Waals surface area (Å²) in [5, 5.41) is 3.32. The van der Waals surface area contributed by atoms with Gasteiger partial charge in [0.1, 0.15) is 6.10 Å². The van der Waals surface area contributed by atoms with Crippen LogP contribution in [0.4, 0.5) is 0 Å². The Hall–Kier alpha value is -1.72. The number of aromatic nitrogens is 3. The summed E-state index contributed by atoms with van der Waals surface area (Å²) in [7, 11) is 0. The normalized spacial score (nSPS) is 20.4. The molecule has 1 unspecified atom stereocenters. The predicted octanol–water partition coefficient (Wildman–Crippen LogP) is 0.928. The molecule has 5 heteroatoms. The number of rotatable bonds is 2. The van der Waals surface area contributed by atoms with Crippen LogP contribution >= 0.6 is 0 Å². The number of hydrogen-bond donors (Lipinski definition) is 1. The molecule has 1 N–H and O–H groups in total. The van der Waals surface area contributed by atoms with Crippen LogP contribution in [0.1, 0.15) is 11.8 Å². The van der Waals surface area contributed by atoms with E-state index in [1.807, 2.05) is 29.2 Å². The second-order valence-electron chi connectivity index (χ2n) is 3.96. The average Bonchev–Trinajstić information content (AvgIpc) is 2.90. The van der Waals surface area contributed by atoms with E-state index in [9.17, 15) is 0 Å². The fourth-order valence-electron chi connectivity index (χ4n) is 2.02. The molecular weight excluding hydrogens is 216 g/mol. The third kappa shape index (κ3) is 2.07. The lowest BCUT2D eigenvalue weighted by atomic mass is 10.2. The molecule has 0 radical (unpaired) electrons. The van der Waals surface area contributed by atoms with E-state index in [-0.39, 0.29) is 6.10 Å². The molecule has 2 aromatic rings. The number of imidazole rings is 1. The van der Waals surface area contributed by atoms with Crippen molar-refractivity contribution >= 4 is 0 Å². The van der Waals surface area contributed by atoms with Gasteiger partial charge in [-0.15, -0.1) is 0 Å². The minimum absolute atomic E-state index is 0.0689. The van der Waals surface area contributed by atoms with Crippen molar-refractivity contribution in [1.82, 2.24) is 19.9 Å². The maximum Gasteiger partial charge on any atom is 0.112 e. The maximum absolute atomic E-state index is 5.75. The number of nitrogens with one attached hydrogen (secondary N) is 1. The van der Waals surface area contributed by atoms with Gasteiger partial charge in [0.2, 0.25) is 0 Å². The molecule has 0 saturated carbocycles. The summed E-state index contributed by atoms with van der Waals surface area (Å²) in [6.07, 6.45) is 7.29. The topological polar surface area (TPSA) is 52.0 Å². The summed E-state index contributed by atoms with van der Waals surface area (Å²) >= 11 is 0. The lowest BCUT2D eigenvalue weighted by Gasteiger charge is -2.24. The minimum atomic E-state index is 0.0689. The third-order valence-electron chi connectivity index (χ3n) is 2.87. The van der Waals surface area contributed by atoms with Crippen LogP contribution in [-0.2, 0) is 4.74 Å². The highest BCUT2D eigenvalue weighted by molar-refractivity contribution is 5.32. The first-order valence-corrected chi connectivity index (χ1v) is 5.70. The first-order valence-electron chi connectivity index (χ1n) is 5.70. The Morgan fingerprint density at radius 2 is 2.18 bits per heavy atom. The van der Waals surface area contributed by atoms with E-state index < -0.39 is 0 Å². The van der Waals surface area contributed by atoms with E-state index in [4.69, 9.17) is 4.74 Å². The summed E-state index contributed by atoms with van der Waals surface area (Å²) < 4.78 is 7.79. The molecule has 1 atom stereocenters. The van der Waals surface area contributed by atoms with Crippen molar-refractivity contribution in [2.75, 3.05) is 19.7 Å². The summed E-state index contributed by atoms with van der Waals surface area (Å²) in [5.41, 5.74) is 2.13. The molecule has 88 valence electrons. The fourth-order valence-corrected chi connectivity index (χ4v) is 2.02. The second-order valence-corrected chi connectivity index (χ2v) is 3.96. The monoisotopic (exact) mass is 230 g/mol. The second kappa shape index (κ2) is 4.65. The smallest absolute Gasteiger partial charge is 0.112 e. The van der Waals surface area contributed by atoms with Gasteiger partial charge in [-0.05, 0) is 12.1 Å². The first-order chi connectivity index (χ1) is 8.45. The molecule has 0 aromatic carbocycles. The molecule has 0 aliphatic carbocycles. The van der Waals surface area contributed by atoms with Crippen molar-refractivity contribution in [2.45, 2.75) is 6.10 Å². The summed E-state index contributed by atoms with van der Waals surface area (Å²) in [4.78, 5) is 8.23. The molecule has 1 aliphatic heterocycles. The summed E-state index contributed by atoms with van der Waals surface area (Å²) in [6.45, 7) is 2.49. The lowest BCUT2D eigenvalue weighted by molar-refractivity contribution is 0.0240. The molecule has 0 spiro atoms. The molecule has 3 heterocycles. The highest BCUT2D eigenvalue weighted by Gasteiger charge is 2.19. The molecular formula is C12H14N4O. The quantitative estimate of drug-likeness (QED) is 0.833. The number of nitrogens with zero attached hydrogens (tertiary/aromatic N) is 3. The Bertz CT molecular complexity index is 476. The minimum Gasteiger partial charge on any atom is -0.369 e. The molecule has 2 aromatic heterocycles. The number of pyridine rings is 1. The Morgan fingerprint density at radius 1 is 1.29 bits per heavy atom. The van der Waals surface area contributed by atoms with E-state index >= 15 is 0 Å². The summed E-state index contributed by atoms with van der Waals surface area (Å²) in [6, 6.07) is 3.92. The Morgan fingerprint density at radius 3 is 2.94 bits per heavy atom. The highest BCUT2D eigenvalue weighted by Crippen LogP contribution is 2.21. The molecule has 17 heavy (non-hydrogen) atoms. The molecule has 5 nitrogen and oxygen atoms in total. The largest absolute Gasteiger partial charge is 0.369 e. The maximum atomic E-state index is 5.75. The molecule has 3 rings (SSSR count). The zero-order valence-electron chi connectivity index (χ0n) is 9.41. The molecule has 0 bridgehead atoms. The van der Waals surface area contributed by atoms with E-state index in [1.54, 1.807) is 12.4 Å². The highest BCUT2D eigenvalue weighted by atomic mass is 16.5. The SMILES string of the molecule is c1cc(-n2cncc2C2CNCCO2)ccn1. The van der Waals surface area contributed by atoms with Crippen molar-refractivity contribution < 1.29 is 4.74 Å². The first kappa shape index (κ1) is 10.4. The zero-order chi connectivity index (χ0) is 11.5.